The van der Waals surface area contributed by atoms with Crippen molar-refractivity contribution in [3.8, 4) is 0 Å². The summed E-state index contributed by atoms with van der Waals surface area (Å²) in [6.45, 7) is 15.1. The molecule has 2 fully saturated rings. The molecule has 4 aliphatic carbocycles. The van der Waals surface area contributed by atoms with Gasteiger partial charge < -0.3 is 9.67 Å². The molecule has 1 aromatic carbocycles. The van der Waals surface area contributed by atoms with E-state index >= 15 is 0 Å². The van der Waals surface area contributed by atoms with Crippen LogP contribution in [0.2, 0.25) is 0 Å². The van der Waals surface area contributed by atoms with Gasteiger partial charge in [-0.1, -0.05) is 64.8 Å². The number of nitrogens with zero attached hydrogens (tertiary/aromatic N) is 2. The molecule has 3 nitrogen and oxygen atoms in total. The Balaban J connectivity index is 1.25. The molecule has 0 spiro atoms. The first-order valence-electron chi connectivity index (χ1n) is 15.2. The minimum absolute atomic E-state index is 0.0235. The van der Waals surface area contributed by atoms with Crippen molar-refractivity contribution < 1.29 is 5.11 Å². The standard InChI is InChI=1S/C34H50N2O/c1-22(12-15-30-35-26-10-8-9-11-27(26)36(30)7)23-16-20-34(6)25-13-14-28-31(2,3)29(37)18-19-32(28,4)24(25)17-21-33(23,34)5/h8-11,22-23,28-29,37H,12-21H2,1-7H3/t22-,23-,28+,29+,32-,33-,34+/m1/s1. The third-order valence-corrected chi connectivity index (χ3v) is 13.2. The van der Waals surface area contributed by atoms with Crippen LogP contribution in [0, 0.1) is 39.4 Å². The summed E-state index contributed by atoms with van der Waals surface area (Å²) in [5.41, 5.74) is 7.10. The van der Waals surface area contributed by atoms with Crippen LogP contribution >= 0.6 is 0 Å². The largest absolute Gasteiger partial charge is 0.393 e. The minimum Gasteiger partial charge on any atom is -0.393 e. The summed E-state index contributed by atoms with van der Waals surface area (Å²) in [7, 11) is 2.18. The van der Waals surface area contributed by atoms with E-state index in [1.165, 1.54) is 62.7 Å². The van der Waals surface area contributed by atoms with Gasteiger partial charge in [0.05, 0.1) is 17.1 Å². The SMILES string of the molecule is C[C@H](CCc1nc2ccccc2n1C)[C@H]1CC[C@@]2(C)C3=C(CC[C@]12C)[C@@]1(C)CC[C@H](O)C(C)(C)[C@@H]1CC3. The highest BCUT2D eigenvalue weighted by Gasteiger charge is 2.63. The van der Waals surface area contributed by atoms with E-state index in [0.29, 0.717) is 22.7 Å². The number of fused-ring (bicyclic) bond motifs is 5. The Bertz CT molecular complexity index is 1240. The smallest absolute Gasteiger partial charge is 0.109 e. The third kappa shape index (κ3) is 3.44. The van der Waals surface area contributed by atoms with Gasteiger partial charge in [-0.3, -0.25) is 0 Å². The monoisotopic (exact) mass is 502 g/mol. The Hall–Kier alpha value is -1.61. The molecule has 6 rings (SSSR count). The Morgan fingerprint density at radius 2 is 1.73 bits per heavy atom. The van der Waals surface area contributed by atoms with Crippen molar-refractivity contribution in [1.82, 2.24) is 9.55 Å². The molecule has 4 aliphatic rings. The van der Waals surface area contributed by atoms with Gasteiger partial charge in [-0.2, -0.15) is 0 Å². The molecule has 1 N–H and O–H groups in total. The van der Waals surface area contributed by atoms with Gasteiger partial charge in [0.2, 0.25) is 0 Å². The average molecular weight is 503 g/mol. The average Bonchev–Trinajstić information content (AvgIpc) is 3.33. The summed E-state index contributed by atoms with van der Waals surface area (Å²) < 4.78 is 2.31. The van der Waals surface area contributed by atoms with Gasteiger partial charge in [0, 0.05) is 13.5 Å². The number of aromatic nitrogens is 2. The van der Waals surface area contributed by atoms with Gasteiger partial charge in [-0.05, 0) is 109 Å². The van der Waals surface area contributed by atoms with Gasteiger partial charge in [0.1, 0.15) is 5.82 Å². The van der Waals surface area contributed by atoms with Crippen molar-refractivity contribution in [2.75, 3.05) is 0 Å². The number of hydrogen-bond acceptors (Lipinski definition) is 2. The second-order valence-electron chi connectivity index (χ2n) is 14.8. The van der Waals surface area contributed by atoms with Crippen molar-refractivity contribution >= 4 is 11.0 Å². The fourth-order valence-corrected chi connectivity index (χ4v) is 10.6. The molecule has 37 heavy (non-hydrogen) atoms. The number of aliphatic hydroxyl groups excluding tert-OH is 1. The second kappa shape index (κ2) is 8.44. The van der Waals surface area contributed by atoms with Crippen LogP contribution in [0.4, 0.5) is 0 Å². The fourth-order valence-electron chi connectivity index (χ4n) is 10.6. The second-order valence-corrected chi connectivity index (χ2v) is 14.8. The van der Waals surface area contributed by atoms with Crippen LogP contribution in [-0.2, 0) is 13.5 Å². The lowest BCUT2D eigenvalue weighted by Crippen LogP contribution is -2.55. The maximum absolute atomic E-state index is 10.9. The molecular formula is C34H50N2O. The van der Waals surface area contributed by atoms with Crippen LogP contribution < -0.4 is 0 Å². The molecule has 3 heteroatoms. The van der Waals surface area contributed by atoms with Crippen molar-refractivity contribution in [3.05, 3.63) is 41.2 Å². The Morgan fingerprint density at radius 3 is 2.49 bits per heavy atom. The van der Waals surface area contributed by atoms with Crippen molar-refractivity contribution in [1.29, 1.82) is 0 Å². The van der Waals surface area contributed by atoms with E-state index in [0.717, 1.165) is 24.3 Å². The lowest BCUT2D eigenvalue weighted by atomic mass is 9.43. The number of rotatable bonds is 4. The van der Waals surface area contributed by atoms with Crippen molar-refractivity contribution in [2.24, 2.45) is 46.5 Å². The van der Waals surface area contributed by atoms with Crippen LogP contribution in [0.3, 0.4) is 0 Å². The van der Waals surface area contributed by atoms with Gasteiger partial charge in [-0.15, -0.1) is 0 Å². The van der Waals surface area contributed by atoms with E-state index in [1.54, 1.807) is 0 Å². The molecule has 0 aliphatic heterocycles. The van der Waals surface area contributed by atoms with Gasteiger partial charge in [0.25, 0.3) is 0 Å². The zero-order valence-corrected chi connectivity index (χ0v) is 24.5. The zero-order valence-electron chi connectivity index (χ0n) is 24.5. The molecule has 0 amide bonds. The van der Waals surface area contributed by atoms with Crippen LogP contribution in [-0.4, -0.2) is 20.8 Å². The van der Waals surface area contributed by atoms with E-state index < -0.39 is 0 Å². The normalized spacial score (nSPS) is 39.8. The maximum atomic E-state index is 10.9. The Labute approximate surface area is 225 Å². The summed E-state index contributed by atoms with van der Waals surface area (Å²) in [6.07, 6.45) is 12.2. The van der Waals surface area contributed by atoms with E-state index in [4.69, 9.17) is 4.98 Å². The third-order valence-electron chi connectivity index (χ3n) is 13.2. The number of allylic oxidation sites excluding steroid dienone is 2. The molecule has 2 aromatic rings. The predicted octanol–water partition coefficient (Wildman–Crippen LogP) is 8.25. The lowest BCUT2D eigenvalue weighted by molar-refractivity contribution is -0.0962. The summed E-state index contributed by atoms with van der Waals surface area (Å²) in [5.74, 6) is 3.35. The first-order chi connectivity index (χ1) is 17.4. The summed E-state index contributed by atoms with van der Waals surface area (Å²) in [4.78, 5) is 4.98. The first kappa shape index (κ1) is 25.7. The van der Waals surface area contributed by atoms with E-state index in [-0.39, 0.29) is 16.9 Å². The predicted molar refractivity (Wildman–Crippen MR) is 153 cm³/mol. The molecular weight excluding hydrogens is 452 g/mol. The highest BCUT2D eigenvalue weighted by molar-refractivity contribution is 5.75. The van der Waals surface area contributed by atoms with Gasteiger partial charge in [0.15, 0.2) is 0 Å². The van der Waals surface area contributed by atoms with Gasteiger partial charge >= 0.3 is 0 Å². The summed E-state index contributed by atoms with van der Waals surface area (Å²) in [5, 5.41) is 10.9. The number of aliphatic hydroxyl groups is 1. The van der Waals surface area contributed by atoms with Crippen LogP contribution in [0.15, 0.2) is 35.4 Å². The Morgan fingerprint density at radius 1 is 0.973 bits per heavy atom. The number of benzene rings is 1. The molecule has 0 saturated heterocycles. The van der Waals surface area contributed by atoms with Crippen molar-refractivity contribution in [3.63, 3.8) is 0 Å². The lowest BCUT2D eigenvalue weighted by Gasteiger charge is -2.62. The fraction of sp³-hybridized carbons (Fsp3) is 0.735. The number of hydrogen-bond donors (Lipinski definition) is 1. The van der Waals surface area contributed by atoms with Crippen LogP contribution in [0.25, 0.3) is 11.0 Å². The molecule has 1 aromatic heterocycles. The number of para-hydroxylation sites is 2. The molecule has 202 valence electrons. The number of imidazole rings is 1. The molecule has 0 radical (unpaired) electrons. The molecule has 1 heterocycles. The summed E-state index contributed by atoms with van der Waals surface area (Å²) in [6, 6.07) is 8.54. The van der Waals surface area contributed by atoms with Crippen LogP contribution in [0.1, 0.15) is 105 Å². The van der Waals surface area contributed by atoms with E-state index in [1.807, 2.05) is 11.1 Å². The zero-order chi connectivity index (χ0) is 26.4. The molecule has 0 bridgehead atoms. The quantitative estimate of drug-likeness (QED) is 0.427. The topological polar surface area (TPSA) is 38.0 Å². The highest BCUT2D eigenvalue weighted by atomic mass is 16.3. The maximum Gasteiger partial charge on any atom is 0.109 e. The van der Waals surface area contributed by atoms with Crippen molar-refractivity contribution in [2.45, 2.75) is 112 Å². The van der Waals surface area contributed by atoms with Crippen LogP contribution in [0.5, 0.6) is 0 Å². The van der Waals surface area contributed by atoms with E-state index in [9.17, 15) is 5.11 Å². The molecule has 2 saturated carbocycles. The minimum atomic E-state index is -0.148. The number of aryl methyl sites for hydroxylation is 2. The highest BCUT2D eigenvalue weighted by Crippen LogP contribution is 2.72. The van der Waals surface area contributed by atoms with E-state index in [2.05, 4.69) is 77.4 Å². The molecule has 7 atom stereocenters. The first-order valence-corrected chi connectivity index (χ1v) is 15.2. The molecule has 0 unspecified atom stereocenters. The van der Waals surface area contributed by atoms with Gasteiger partial charge in [-0.25, -0.2) is 4.98 Å². The Kier molecular flexibility index (Phi) is 5.85. The summed E-state index contributed by atoms with van der Waals surface area (Å²) >= 11 is 0.